The lowest BCUT2D eigenvalue weighted by atomic mass is 10.1. The van der Waals surface area contributed by atoms with Crippen LogP contribution in [0.15, 0.2) is 0 Å². The summed E-state index contributed by atoms with van der Waals surface area (Å²) >= 11 is 3.44. The minimum Gasteiger partial charge on any atom is -0.342 e. The van der Waals surface area contributed by atoms with Gasteiger partial charge in [-0.15, -0.1) is 0 Å². The Morgan fingerprint density at radius 1 is 1.62 bits per heavy atom. The lowest BCUT2D eigenvalue weighted by Crippen LogP contribution is -2.28. The third-order valence-corrected chi connectivity index (χ3v) is 3.08. The van der Waals surface area contributed by atoms with Gasteiger partial charge in [0.1, 0.15) is 0 Å². The van der Waals surface area contributed by atoms with Crippen LogP contribution in [0.25, 0.3) is 0 Å². The molecule has 1 rings (SSSR count). The van der Waals surface area contributed by atoms with Gasteiger partial charge < -0.3 is 4.90 Å². The molecule has 2 nitrogen and oxygen atoms in total. The quantitative estimate of drug-likeness (QED) is 0.699. The van der Waals surface area contributed by atoms with Crippen molar-refractivity contribution in [1.82, 2.24) is 4.90 Å². The molecule has 0 aromatic rings. The molecule has 3 heteroatoms. The molecule has 0 bridgehead atoms. The van der Waals surface area contributed by atoms with Crippen molar-refractivity contribution in [1.29, 1.82) is 0 Å². The molecule has 0 aliphatic carbocycles. The molecular formula is C10H18BrNO. The van der Waals surface area contributed by atoms with E-state index in [0.29, 0.717) is 5.91 Å². The normalized spacial score (nSPS) is 22.3. The van der Waals surface area contributed by atoms with E-state index >= 15 is 0 Å². The smallest absolute Gasteiger partial charge is 0.222 e. The number of carbonyl (C=O) groups excluding carboxylic acids is 1. The molecule has 0 aromatic heterocycles. The maximum atomic E-state index is 11.5. The molecule has 0 saturated carbocycles. The van der Waals surface area contributed by atoms with Gasteiger partial charge in [0.15, 0.2) is 0 Å². The van der Waals surface area contributed by atoms with E-state index < -0.39 is 0 Å². The Morgan fingerprint density at radius 3 is 3.00 bits per heavy atom. The van der Waals surface area contributed by atoms with Crippen molar-refractivity contribution < 1.29 is 4.79 Å². The zero-order valence-electron chi connectivity index (χ0n) is 8.26. The number of nitrogens with zero attached hydrogens (tertiary/aromatic N) is 1. The zero-order chi connectivity index (χ0) is 9.68. The van der Waals surface area contributed by atoms with E-state index in [1.807, 2.05) is 4.90 Å². The highest BCUT2D eigenvalue weighted by Gasteiger charge is 2.24. The fourth-order valence-corrected chi connectivity index (χ4v) is 2.47. The summed E-state index contributed by atoms with van der Waals surface area (Å²) in [6.07, 6.45) is 4.09. The molecule has 1 aliphatic rings. The topological polar surface area (TPSA) is 20.3 Å². The number of amides is 1. The summed E-state index contributed by atoms with van der Waals surface area (Å²) in [5.74, 6) is 1.08. The molecule has 0 spiro atoms. The fourth-order valence-electron chi connectivity index (χ4n) is 1.82. The van der Waals surface area contributed by atoms with Crippen LogP contribution in [0.5, 0.6) is 0 Å². The van der Waals surface area contributed by atoms with Crippen molar-refractivity contribution in [2.45, 2.75) is 32.6 Å². The van der Waals surface area contributed by atoms with Crippen LogP contribution in [-0.4, -0.2) is 29.2 Å². The van der Waals surface area contributed by atoms with Gasteiger partial charge in [0.05, 0.1) is 0 Å². The van der Waals surface area contributed by atoms with E-state index in [2.05, 4.69) is 22.9 Å². The Kier molecular flexibility index (Phi) is 4.78. The molecule has 1 unspecified atom stereocenters. The average Bonchev–Trinajstić information content (AvgIpc) is 2.54. The van der Waals surface area contributed by atoms with Gasteiger partial charge in [-0.2, -0.15) is 0 Å². The highest BCUT2D eigenvalue weighted by atomic mass is 79.9. The average molecular weight is 248 g/mol. The van der Waals surface area contributed by atoms with E-state index in [1.54, 1.807) is 0 Å². The third kappa shape index (κ3) is 3.29. The summed E-state index contributed by atoms with van der Waals surface area (Å²) < 4.78 is 0. The van der Waals surface area contributed by atoms with Gasteiger partial charge in [-0.05, 0) is 25.2 Å². The largest absolute Gasteiger partial charge is 0.342 e. The minimum absolute atomic E-state index is 0.347. The molecule has 1 saturated heterocycles. The summed E-state index contributed by atoms with van der Waals surface area (Å²) in [5, 5.41) is 1.06. The molecule has 76 valence electrons. The van der Waals surface area contributed by atoms with Crippen LogP contribution < -0.4 is 0 Å². The van der Waals surface area contributed by atoms with Crippen molar-refractivity contribution in [3.8, 4) is 0 Å². The predicted molar refractivity (Wildman–Crippen MR) is 58.0 cm³/mol. The van der Waals surface area contributed by atoms with Crippen LogP contribution in [0.1, 0.15) is 32.6 Å². The van der Waals surface area contributed by atoms with E-state index in [1.165, 1.54) is 12.8 Å². The summed E-state index contributed by atoms with van der Waals surface area (Å²) in [5.41, 5.74) is 0. The standard InChI is InChI=1S/C10H18BrNO/c1-2-3-10(13)12-7-5-9(8-12)4-6-11/h9H,2-8H2,1H3. The lowest BCUT2D eigenvalue weighted by Gasteiger charge is -2.15. The van der Waals surface area contributed by atoms with E-state index in [4.69, 9.17) is 0 Å². The summed E-state index contributed by atoms with van der Waals surface area (Å²) in [6, 6.07) is 0. The maximum Gasteiger partial charge on any atom is 0.222 e. The van der Waals surface area contributed by atoms with Crippen LogP contribution in [0, 0.1) is 5.92 Å². The Morgan fingerprint density at radius 2 is 2.38 bits per heavy atom. The van der Waals surface area contributed by atoms with Gasteiger partial charge in [0.25, 0.3) is 0 Å². The predicted octanol–water partition coefficient (Wildman–Crippen LogP) is 2.42. The number of alkyl halides is 1. The molecule has 0 radical (unpaired) electrons. The maximum absolute atomic E-state index is 11.5. The van der Waals surface area contributed by atoms with Crippen molar-refractivity contribution >= 4 is 21.8 Å². The molecule has 1 amide bonds. The van der Waals surface area contributed by atoms with Gasteiger partial charge in [-0.3, -0.25) is 4.79 Å². The molecule has 0 N–H and O–H groups in total. The molecule has 1 atom stereocenters. The Labute approximate surface area is 88.8 Å². The third-order valence-electron chi connectivity index (χ3n) is 2.62. The van der Waals surface area contributed by atoms with Crippen molar-refractivity contribution in [2.24, 2.45) is 5.92 Å². The van der Waals surface area contributed by atoms with Crippen LogP contribution >= 0.6 is 15.9 Å². The molecule has 0 aromatic carbocycles. The monoisotopic (exact) mass is 247 g/mol. The van der Waals surface area contributed by atoms with Gasteiger partial charge in [0, 0.05) is 24.8 Å². The fraction of sp³-hybridized carbons (Fsp3) is 0.900. The number of hydrogen-bond acceptors (Lipinski definition) is 1. The van der Waals surface area contributed by atoms with Gasteiger partial charge in [0.2, 0.25) is 5.91 Å². The van der Waals surface area contributed by atoms with Gasteiger partial charge in [-0.25, -0.2) is 0 Å². The molecule has 13 heavy (non-hydrogen) atoms. The van der Waals surface area contributed by atoms with Crippen molar-refractivity contribution in [3.05, 3.63) is 0 Å². The van der Waals surface area contributed by atoms with Crippen LogP contribution in [-0.2, 0) is 4.79 Å². The van der Waals surface area contributed by atoms with Gasteiger partial charge >= 0.3 is 0 Å². The minimum atomic E-state index is 0.347. The number of likely N-dealkylation sites (tertiary alicyclic amines) is 1. The van der Waals surface area contributed by atoms with E-state index in [0.717, 1.165) is 37.2 Å². The molecule has 1 heterocycles. The number of rotatable bonds is 4. The first-order valence-corrected chi connectivity index (χ1v) is 6.23. The summed E-state index contributed by atoms with van der Waals surface area (Å²) in [4.78, 5) is 13.5. The zero-order valence-corrected chi connectivity index (χ0v) is 9.85. The Hall–Kier alpha value is -0.0500. The highest BCUT2D eigenvalue weighted by molar-refractivity contribution is 9.09. The van der Waals surface area contributed by atoms with Crippen LogP contribution in [0.2, 0.25) is 0 Å². The van der Waals surface area contributed by atoms with Crippen LogP contribution in [0.3, 0.4) is 0 Å². The first kappa shape index (κ1) is 11.0. The van der Waals surface area contributed by atoms with E-state index in [9.17, 15) is 4.79 Å². The number of halogens is 1. The SMILES string of the molecule is CCCC(=O)N1CCC(CCBr)C1. The first-order valence-electron chi connectivity index (χ1n) is 5.11. The summed E-state index contributed by atoms with van der Waals surface area (Å²) in [7, 11) is 0. The second-order valence-electron chi connectivity index (χ2n) is 3.72. The summed E-state index contributed by atoms with van der Waals surface area (Å²) in [6.45, 7) is 4.03. The van der Waals surface area contributed by atoms with Crippen LogP contribution in [0.4, 0.5) is 0 Å². The highest BCUT2D eigenvalue weighted by Crippen LogP contribution is 2.20. The number of carbonyl (C=O) groups is 1. The second-order valence-corrected chi connectivity index (χ2v) is 4.52. The molecule has 1 fully saturated rings. The van der Waals surface area contributed by atoms with Crippen molar-refractivity contribution in [2.75, 3.05) is 18.4 Å². The second kappa shape index (κ2) is 5.63. The Bertz CT molecular complexity index is 172. The Balaban J connectivity index is 2.27. The molecule has 1 aliphatic heterocycles. The number of hydrogen-bond donors (Lipinski definition) is 0. The lowest BCUT2D eigenvalue weighted by molar-refractivity contribution is -0.130. The van der Waals surface area contributed by atoms with Gasteiger partial charge in [-0.1, -0.05) is 22.9 Å². The first-order chi connectivity index (χ1) is 6.27. The van der Waals surface area contributed by atoms with E-state index in [-0.39, 0.29) is 0 Å². The van der Waals surface area contributed by atoms with Crippen molar-refractivity contribution in [3.63, 3.8) is 0 Å². The molecular weight excluding hydrogens is 230 g/mol.